The second-order valence-corrected chi connectivity index (χ2v) is 7.05. The molecule has 1 heterocycles. The van der Waals surface area contributed by atoms with Crippen molar-refractivity contribution in [3.8, 4) is 5.75 Å². The summed E-state index contributed by atoms with van der Waals surface area (Å²) in [6.45, 7) is 3.53. The smallest absolute Gasteiger partial charge is 0.220 e. The Morgan fingerprint density at radius 1 is 1.24 bits per heavy atom. The molecular weight excluding hydrogens is 312 g/mol. The first-order valence-corrected chi connectivity index (χ1v) is 8.85. The van der Waals surface area contributed by atoms with Crippen molar-refractivity contribution in [3.05, 3.63) is 65.2 Å². The molecular formula is C21H26N2O2. The fourth-order valence-corrected chi connectivity index (χ4v) is 3.48. The van der Waals surface area contributed by atoms with Crippen LogP contribution in [0.4, 0.5) is 0 Å². The van der Waals surface area contributed by atoms with Gasteiger partial charge in [-0.15, -0.1) is 0 Å². The number of likely N-dealkylation sites (N-methyl/N-ethyl adjacent to an activating group) is 1. The largest absolute Gasteiger partial charge is 0.508 e. The minimum absolute atomic E-state index is 0.0984. The summed E-state index contributed by atoms with van der Waals surface area (Å²) in [6, 6.07) is 16.0. The number of nitrogens with one attached hydrogen (secondary N) is 1. The lowest BCUT2D eigenvalue weighted by atomic mass is 9.94. The van der Waals surface area contributed by atoms with E-state index in [2.05, 4.69) is 36.3 Å². The quantitative estimate of drug-likeness (QED) is 0.881. The first-order chi connectivity index (χ1) is 12.0. The summed E-state index contributed by atoms with van der Waals surface area (Å²) in [5, 5.41) is 12.7. The fraction of sp³-hybridized carbons (Fsp3) is 0.381. The average molecular weight is 338 g/mol. The lowest BCUT2D eigenvalue weighted by Crippen LogP contribution is -2.45. The van der Waals surface area contributed by atoms with E-state index in [1.54, 1.807) is 6.07 Å². The lowest BCUT2D eigenvalue weighted by Gasteiger charge is -2.34. The van der Waals surface area contributed by atoms with Crippen LogP contribution in [0.15, 0.2) is 48.5 Å². The summed E-state index contributed by atoms with van der Waals surface area (Å²) >= 11 is 0. The molecule has 0 spiro atoms. The van der Waals surface area contributed by atoms with E-state index >= 15 is 0 Å². The van der Waals surface area contributed by atoms with Crippen LogP contribution >= 0.6 is 0 Å². The van der Waals surface area contributed by atoms with Crippen LogP contribution in [0.25, 0.3) is 0 Å². The number of hydrogen-bond acceptors (Lipinski definition) is 3. The summed E-state index contributed by atoms with van der Waals surface area (Å²) in [6.07, 6.45) is 1.39. The van der Waals surface area contributed by atoms with Crippen LogP contribution in [0.5, 0.6) is 5.75 Å². The van der Waals surface area contributed by atoms with Gasteiger partial charge in [-0.25, -0.2) is 0 Å². The molecule has 1 aliphatic heterocycles. The van der Waals surface area contributed by atoms with Gasteiger partial charge in [0, 0.05) is 25.6 Å². The maximum absolute atomic E-state index is 12.3. The van der Waals surface area contributed by atoms with E-state index in [-0.39, 0.29) is 17.9 Å². The fourth-order valence-electron chi connectivity index (χ4n) is 3.48. The second kappa shape index (κ2) is 7.70. The number of hydrogen-bond donors (Lipinski definition) is 2. The van der Waals surface area contributed by atoms with E-state index in [1.807, 2.05) is 30.3 Å². The van der Waals surface area contributed by atoms with E-state index in [0.717, 1.165) is 13.0 Å². The Morgan fingerprint density at radius 2 is 2.00 bits per heavy atom. The minimum Gasteiger partial charge on any atom is -0.508 e. The van der Waals surface area contributed by atoms with E-state index in [9.17, 15) is 9.90 Å². The molecule has 2 N–H and O–H groups in total. The third kappa shape index (κ3) is 4.40. The molecule has 0 aromatic heterocycles. The third-order valence-corrected chi connectivity index (χ3v) is 5.08. The molecule has 2 unspecified atom stereocenters. The normalized spacial score (nSPS) is 18.4. The first-order valence-electron chi connectivity index (χ1n) is 8.85. The summed E-state index contributed by atoms with van der Waals surface area (Å²) in [5.74, 6) is 0.629. The molecule has 132 valence electrons. The second-order valence-electron chi connectivity index (χ2n) is 7.05. The minimum atomic E-state index is 0.0984. The Labute approximate surface area is 149 Å². The topological polar surface area (TPSA) is 52.6 Å². The van der Waals surface area contributed by atoms with Crippen molar-refractivity contribution in [3.63, 3.8) is 0 Å². The summed E-state index contributed by atoms with van der Waals surface area (Å²) in [5.41, 5.74) is 3.62. The van der Waals surface area contributed by atoms with E-state index in [1.165, 1.54) is 16.7 Å². The zero-order valence-electron chi connectivity index (χ0n) is 14.9. The Balaban J connectivity index is 1.53. The van der Waals surface area contributed by atoms with Gasteiger partial charge in [0.05, 0.1) is 0 Å². The van der Waals surface area contributed by atoms with Gasteiger partial charge in [0.25, 0.3) is 0 Å². The SMILES string of the molecule is CC(CC(=O)NCC1Cc2ccc(O)cc2CN1C)c1ccccc1. The van der Waals surface area contributed by atoms with Gasteiger partial charge in [-0.05, 0) is 48.2 Å². The highest BCUT2D eigenvalue weighted by molar-refractivity contribution is 5.76. The van der Waals surface area contributed by atoms with Crippen LogP contribution in [-0.4, -0.2) is 35.5 Å². The maximum Gasteiger partial charge on any atom is 0.220 e. The van der Waals surface area contributed by atoms with Gasteiger partial charge in [0.1, 0.15) is 5.75 Å². The molecule has 2 aromatic carbocycles. The van der Waals surface area contributed by atoms with Gasteiger partial charge < -0.3 is 10.4 Å². The molecule has 4 nitrogen and oxygen atoms in total. The monoisotopic (exact) mass is 338 g/mol. The zero-order valence-corrected chi connectivity index (χ0v) is 14.9. The Kier molecular flexibility index (Phi) is 5.39. The number of carbonyl (C=O) groups is 1. The molecule has 2 aromatic rings. The summed E-state index contributed by atoms with van der Waals surface area (Å²) in [7, 11) is 2.07. The Hall–Kier alpha value is -2.33. The van der Waals surface area contributed by atoms with E-state index in [0.29, 0.717) is 18.7 Å². The molecule has 0 fully saturated rings. The van der Waals surface area contributed by atoms with Crippen LogP contribution in [0.3, 0.4) is 0 Å². The third-order valence-electron chi connectivity index (χ3n) is 5.08. The van der Waals surface area contributed by atoms with Crippen LogP contribution in [-0.2, 0) is 17.8 Å². The number of fused-ring (bicyclic) bond motifs is 1. The molecule has 0 radical (unpaired) electrons. The number of rotatable bonds is 5. The molecule has 3 rings (SSSR count). The number of amides is 1. The van der Waals surface area contributed by atoms with Gasteiger partial charge in [-0.3, -0.25) is 9.69 Å². The molecule has 0 bridgehead atoms. The van der Waals surface area contributed by atoms with Gasteiger partial charge >= 0.3 is 0 Å². The number of phenols is 1. The Bertz CT molecular complexity index is 730. The molecule has 1 amide bonds. The molecule has 4 heteroatoms. The van der Waals surface area contributed by atoms with Crippen LogP contribution in [0, 0.1) is 0 Å². The highest BCUT2D eigenvalue weighted by Crippen LogP contribution is 2.25. The molecule has 1 aliphatic rings. The number of phenolic OH excluding ortho intramolecular Hbond substituents is 1. The van der Waals surface area contributed by atoms with Gasteiger partial charge in [0.2, 0.25) is 5.91 Å². The van der Waals surface area contributed by atoms with Crippen molar-refractivity contribution >= 4 is 5.91 Å². The van der Waals surface area contributed by atoms with Crippen molar-refractivity contribution in [1.29, 1.82) is 0 Å². The number of benzene rings is 2. The number of nitrogens with zero attached hydrogens (tertiary/aromatic N) is 1. The molecule has 25 heavy (non-hydrogen) atoms. The van der Waals surface area contributed by atoms with Crippen LogP contribution < -0.4 is 5.32 Å². The highest BCUT2D eigenvalue weighted by atomic mass is 16.3. The molecule has 0 saturated carbocycles. The van der Waals surface area contributed by atoms with Crippen molar-refractivity contribution in [2.24, 2.45) is 0 Å². The van der Waals surface area contributed by atoms with Crippen molar-refractivity contribution in [1.82, 2.24) is 10.2 Å². The van der Waals surface area contributed by atoms with Gasteiger partial charge in [-0.2, -0.15) is 0 Å². The first kappa shape index (κ1) is 17.5. The lowest BCUT2D eigenvalue weighted by molar-refractivity contribution is -0.121. The molecule has 2 atom stereocenters. The van der Waals surface area contributed by atoms with E-state index < -0.39 is 0 Å². The predicted molar refractivity (Wildman–Crippen MR) is 99.5 cm³/mol. The van der Waals surface area contributed by atoms with Crippen molar-refractivity contribution in [2.75, 3.05) is 13.6 Å². The standard InChI is InChI=1S/C21H26N2O2/c1-15(16-6-4-3-5-7-16)10-21(25)22-13-19-11-17-8-9-20(24)12-18(17)14-23(19)2/h3-9,12,15,19,24H,10-11,13-14H2,1-2H3,(H,22,25). The van der Waals surface area contributed by atoms with E-state index in [4.69, 9.17) is 0 Å². The van der Waals surface area contributed by atoms with Crippen molar-refractivity contribution < 1.29 is 9.90 Å². The average Bonchev–Trinajstić information content (AvgIpc) is 2.60. The van der Waals surface area contributed by atoms with Crippen LogP contribution in [0.1, 0.15) is 36.0 Å². The van der Waals surface area contributed by atoms with Crippen LogP contribution in [0.2, 0.25) is 0 Å². The van der Waals surface area contributed by atoms with Gasteiger partial charge in [0.15, 0.2) is 0 Å². The Morgan fingerprint density at radius 3 is 2.76 bits per heavy atom. The van der Waals surface area contributed by atoms with Gasteiger partial charge in [-0.1, -0.05) is 43.3 Å². The number of carbonyl (C=O) groups excluding carboxylic acids is 1. The molecule has 0 aliphatic carbocycles. The maximum atomic E-state index is 12.3. The highest BCUT2D eigenvalue weighted by Gasteiger charge is 2.24. The predicted octanol–water partition coefficient (Wildman–Crippen LogP) is 3.06. The summed E-state index contributed by atoms with van der Waals surface area (Å²) in [4.78, 5) is 14.5. The zero-order chi connectivity index (χ0) is 17.8. The molecule has 0 saturated heterocycles. The number of aromatic hydroxyl groups is 1. The van der Waals surface area contributed by atoms with Crippen molar-refractivity contribution in [2.45, 2.75) is 38.3 Å². The summed E-state index contributed by atoms with van der Waals surface area (Å²) < 4.78 is 0.